The number of carbonyl (C=O) groups excluding carboxylic acids is 2. The van der Waals surface area contributed by atoms with E-state index in [1.807, 2.05) is 0 Å². The average molecular weight is 292 g/mol. The summed E-state index contributed by atoms with van der Waals surface area (Å²) in [5.74, 6) is 0.918. The maximum absolute atomic E-state index is 12.0. The molecule has 1 heterocycles. The topological polar surface area (TPSA) is 81.4 Å². The summed E-state index contributed by atoms with van der Waals surface area (Å²) >= 11 is 0. The van der Waals surface area contributed by atoms with Gasteiger partial charge in [0.15, 0.2) is 5.89 Å². The van der Waals surface area contributed by atoms with Crippen LogP contribution in [0.4, 0.5) is 0 Å². The summed E-state index contributed by atoms with van der Waals surface area (Å²) in [6.45, 7) is 2.19. The van der Waals surface area contributed by atoms with Crippen molar-refractivity contribution in [2.45, 2.75) is 32.6 Å². The molecule has 0 aromatic carbocycles. The van der Waals surface area contributed by atoms with Gasteiger partial charge in [-0.3, -0.25) is 4.79 Å². The fraction of sp³-hybridized carbons (Fsp3) is 0.533. The molecule has 1 N–H and O–H groups in total. The van der Waals surface area contributed by atoms with Crippen LogP contribution in [-0.4, -0.2) is 30.5 Å². The van der Waals surface area contributed by atoms with Crippen molar-refractivity contribution in [1.29, 1.82) is 0 Å². The average Bonchev–Trinajstić information content (AvgIpc) is 3.19. The van der Waals surface area contributed by atoms with E-state index in [4.69, 9.17) is 4.42 Å². The number of carbonyl (C=O) groups is 2. The first-order chi connectivity index (χ1) is 10.1. The molecule has 0 spiro atoms. The highest BCUT2D eigenvalue weighted by Crippen LogP contribution is 2.32. The van der Waals surface area contributed by atoms with Crippen molar-refractivity contribution < 1.29 is 18.7 Å². The van der Waals surface area contributed by atoms with Crippen LogP contribution in [0.3, 0.4) is 0 Å². The van der Waals surface area contributed by atoms with E-state index in [2.05, 4.69) is 15.0 Å². The number of nitrogens with zero attached hydrogens (tertiary/aromatic N) is 1. The number of aromatic nitrogens is 1. The van der Waals surface area contributed by atoms with Crippen LogP contribution >= 0.6 is 0 Å². The number of oxazole rings is 1. The van der Waals surface area contributed by atoms with E-state index in [1.165, 1.54) is 26.0 Å². The number of nitrogens with one attached hydrogen (secondary N) is 1. The minimum Gasteiger partial charge on any atom is -0.466 e. The Kier molecular flexibility index (Phi) is 5.14. The summed E-state index contributed by atoms with van der Waals surface area (Å²) in [6.07, 6.45) is 6.78. The highest BCUT2D eigenvalue weighted by molar-refractivity contribution is 5.92. The highest BCUT2D eigenvalue weighted by atomic mass is 16.5. The zero-order chi connectivity index (χ0) is 15.2. The Morgan fingerprint density at radius 1 is 1.48 bits per heavy atom. The van der Waals surface area contributed by atoms with Crippen molar-refractivity contribution >= 4 is 11.9 Å². The Labute approximate surface area is 123 Å². The fourth-order valence-electron chi connectivity index (χ4n) is 1.92. The van der Waals surface area contributed by atoms with E-state index < -0.39 is 5.97 Å². The first-order valence-electron chi connectivity index (χ1n) is 7.09. The van der Waals surface area contributed by atoms with E-state index in [0.29, 0.717) is 30.5 Å². The Morgan fingerprint density at radius 3 is 2.90 bits per heavy atom. The van der Waals surface area contributed by atoms with Gasteiger partial charge in [0.05, 0.1) is 12.8 Å². The van der Waals surface area contributed by atoms with Crippen LogP contribution in [0.15, 0.2) is 16.6 Å². The molecular weight excluding hydrogens is 272 g/mol. The Hall–Kier alpha value is -2.11. The molecule has 6 nitrogen and oxygen atoms in total. The second-order valence-electron chi connectivity index (χ2n) is 5.14. The number of rotatable bonds is 7. The summed E-state index contributed by atoms with van der Waals surface area (Å²) in [6, 6.07) is 0. The molecule has 1 fully saturated rings. The van der Waals surface area contributed by atoms with Gasteiger partial charge in [0, 0.05) is 19.0 Å². The minimum absolute atomic E-state index is 0.270. The molecule has 1 amide bonds. The summed E-state index contributed by atoms with van der Waals surface area (Å²) in [4.78, 5) is 27.1. The smallest absolute Gasteiger partial charge is 0.330 e. The van der Waals surface area contributed by atoms with Gasteiger partial charge in [-0.25, -0.2) is 9.78 Å². The molecule has 21 heavy (non-hydrogen) atoms. The van der Waals surface area contributed by atoms with Crippen molar-refractivity contribution in [3.63, 3.8) is 0 Å². The van der Waals surface area contributed by atoms with Gasteiger partial charge in [-0.2, -0.15) is 0 Å². The summed E-state index contributed by atoms with van der Waals surface area (Å²) in [5, 5.41) is 2.74. The first kappa shape index (κ1) is 15.3. The van der Waals surface area contributed by atoms with Crippen LogP contribution in [0, 0.1) is 12.8 Å². The second kappa shape index (κ2) is 7.06. The summed E-state index contributed by atoms with van der Waals surface area (Å²) < 4.78 is 9.99. The number of hydrogen-bond acceptors (Lipinski definition) is 5. The maximum Gasteiger partial charge on any atom is 0.330 e. The molecule has 1 aliphatic carbocycles. The molecule has 1 saturated carbocycles. The molecule has 1 aliphatic rings. The van der Waals surface area contributed by atoms with Crippen LogP contribution in [0.2, 0.25) is 0 Å². The third-order valence-electron chi connectivity index (χ3n) is 3.26. The molecule has 2 rings (SSSR count). The van der Waals surface area contributed by atoms with Crippen LogP contribution in [-0.2, 0) is 16.0 Å². The molecule has 0 radical (unpaired) electrons. The van der Waals surface area contributed by atoms with E-state index >= 15 is 0 Å². The number of aryl methyl sites for hydroxylation is 1. The van der Waals surface area contributed by atoms with Gasteiger partial charge in [-0.15, -0.1) is 0 Å². The number of esters is 1. The van der Waals surface area contributed by atoms with Crippen LogP contribution in [0.25, 0.3) is 0 Å². The predicted molar refractivity (Wildman–Crippen MR) is 75.8 cm³/mol. The normalized spacial score (nSPS) is 14.4. The predicted octanol–water partition coefficient (Wildman–Crippen LogP) is 1.78. The molecule has 0 unspecified atom stereocenters. The van der Waals surface area contributed by atoms with E-state index in [-0.39, 0.29) is 11.7 Å². The van der Waals surface area contributed by atoms with Crippen molar-refractivity contribution in [3.8, 4) is 0 Å². The standard InChI is InChI=1S/C15H20N2O4/c1-10-14(21-12(17-10)9-11-6-7-11)15(19)16-8-4-3-5-13(18)20-2/h3,5,11H,4,6-9H2,1-2H3,(H,16,19)/b5-3+. The summed E-state index contributed by atoms with van der Waals surface area (Å²) in [5.41, 5.74) is 0.619. The molecule has 0 aliphatic heterocycles. The Morgan fingerprint density at radius 2 is 2.24 bits per heavy atom. The van der Waals surface area contributed by atoms with Crippen molar-refractivity contribution in [2.75, 3.05) is 13.7 Å². The van der Waals surface area contributed by atoms with Crippen molar-refractivity contribution in [1.82, 2.24) is 10.3 Å². The van der Waals surface area contributed by atoms with Gasteiger partial charge >= 0.3 is 5.97 Å². The monoisotopic (exact) mass is 292 g/mol. The van der Waals surface area contributed by atoms with E-state index in [9.17, 15) is 9.59 Å². The van der Waals surface area contributed by atoms with Gasteiger partial charge in [-0.1, -0.05) is 6.08 Å². The SMILES string of the molecule is COC(=O)/C=C/CCNC(=O)c1oc(CC2CC2)nc1C. The molecule has 1 aromatic rings. The molecule has 0 bridgehead atoms. The maximum atomic E-state index is 12.0. The largest absolute Gasteiger partial charge is 0.466 e. The summed E-state index contributed by atoms with van der Waals surface area (Å²) in [7, 11) is 1.32. The molecular formula is C15H20N2O4. The van der Waals surface area contributed by atoms with Gasteiger partial charge in [-0.05, 0) is 32.1 Å². The van der Waals surface area contributed by atoms with Gasteiger partial charge in [0.25, 0.3) is 5.91 Å². The highest BCUT2D eigenvalue weighted by Gasteiger charge is 2.25. The van der Waals surface area contributed by atoms with Crippen molar-refractivity contribution in [2.24, 2.45) is 5.92 Å². The van der Waals surface area contributed by atoms with Gasteiger partial charge < -0.3 is 14.5 Å². The van der Waals surface area contributed by atoms with E-state index in [0.717, 1.165) is 6.42 Å². The van der Waals surface area contributed by atoms with Gasteiger partial charge in [0.1, 0.15) is 0 Å². The lowest BCUT2D eigenvalue weighted by atomic mass is 10.3. The number of methoxy groups -OCH3 is 1. The molecule has 0 atom stereocenters. The molecule has 1 aromatic heterocycles. The van der Waals surface area contributed by atoms with Gasteiger partial charge in [0.2, 0.25) is 5.76 Å². The third kappa shape index (κ3) is 4.73. The van der Waals surface area contributed by atoms with Crippen LogP contribution in [0.5, 0.6) is 0 Å². The van der Waals surface area contributed by atoms with Crippen LogP contribution in [0.1, 0.15) is 41.4 Å². The lowest BCUT2D eigenvalue weighted by Crippen LogP contribution is -2.24. The van der Waals surface area contributed by atoms with E-state index in [1.54, 1.807) is 13.0 Å². The quantitative estimate of drug-likeness (QED) is 0.470. The minimum atomic E-state index is -0.405. The lowest BCUT2D eigenvalue weighted by Gasteiger charge is -2.00. The number of hydrogen-bond donors (Lipinski definition) is 1. The molecule has 114 valence electrons. The Bertz CT molecular complexity index is 544. The zero-order valence-electron chi connectivity index (χ0n) is 12.3. The first-order valence-corrected chi connectivity index (χ1v) is 7.09. The van der Waals surface area contributed by atoms with Crippen molar-refractivity contribution in [3.05, 3.63) is 29.5 Å². The number of amides is 1. The lowest BCUT2D eigenvalue weighted by molar-refractivity contribution is -0.134. The zero-order valence-corrected chi connectivity index (χ0v) is 12.3. The fourth-order valence-corrected chi connectivity index (χ4v) is 1.92. The molecule has 6 heteroatoms. The third-order valence-corrected chi connectivity index (χ3v) is 3.26. The number of ether oxygens (including phenoxy) is 1. The van der Waals surface area contributed by atoms with Crippen LogP contribution < -0.4 is 5.32 Å². The second-order valence-corrected chi connectivity index (χ2v) is 5.14. The molecule has 0 saturated heterocycles. The Balaban J connectivity index is 1.78.